The molecule has 0 aromatic heterocycles. The Hall–Kier alpha value is -0.120. The van der Waals surface area contributed by atoms with E-state index in [1.165, 1.54) is 26.2 Å². The molecule has 0 aromatic rings. The number of likely N-dealkylation sites (tertiary alicyclic amines) is 1. The highest BCUT2D eigenvalue weighted by Crippen LogP contribution is 2.26. The van der Waals surface area contributed by atoms with Crippen molar-refractivity contribution in [2.24, 2.45) is 17.6 Å². The molecule has 2 aliphatic heterocycles. The Morgan fingerprint density at radius 3 is 2.31 bits per heavy atom. The molecule has 2 rings (SSSR count). The van der Waals surface area contributed by atoms with Crippen molar-refractivity contribution in [2.45, 2.75) is 19.4 Å². The maximum atomic E-state index is 6.01. The molecule has 3 nitrogen and oxygen atoms in total. The van der Waals surface area contributed by atoms with E-state index in [4.69, 9.17) is 5.73 Å². The van der Waals surface area contributed by atoms with Gasteiger partial charge < -0.3 is 16.0 Å². The summed E-state index contributed by atoms with van der Waals surface area (Å²) in [7, 11) is 0. The Morgan fingerprint density at radius 2 is 1.85 bits per heavy atom. The summed E-state index contributed by atoms with van der Waals surface area (Å²) >= 11 is 0. The van der Waals surface area contributed by atoms with E-state index in [2.05, 4.69) is 24.1 Å². The highest BCUT2D eigenvalue weighted by atomic mass is 15.2. The molecule has 0 radical (unpaired) electrons. The number of hydrogen-bond acceptors (Lipinski definition) is 3. The average molecular weight is 183 g/mol. The molecule has 0 bridgehead atoms. The zero-order valence-corrected chi connectivity index (χ0v) is 8.71. The number of hydrogen-bond donors (Lipinski definition) is 2. The third kappa shape index (κ3) is 2.22. The summed E-state index contributed by atoms with van der Waals surface area (Å²) in [5.41, 5.74) is 5.97. The van der Waals surface area contributed by atoms with Gasteiger partial charge in [0, 0.05) is 25.2 Å². The summed E-state index contributed by atoms with van der Waals surface area (Å²) in [6.45, 7) is 10.2. The van der Waals surface area contributed by atoms with Gasteiger partial charge in [-0.15, -0.1) is 0 Å². The average Bonchev–Trinajstić information content (AvgIpc) is 2.40. The minimum Gasteiger partial charge on any atom is -0.324 e. The number of nitrogens with one attached hydrogen (secondary N) is 1. The first-order valence-electron chi connectivity index (χ1n) is 5.26. The number of nitrogens with two attached hydrogens (primary N) is 1. The summed E-state index contributed by atoms with van der Waals surface area (Å²) in [4.78, 5) is 2.52. The molecule has 0 unspecified atom stereocenters. The monoisotopic (exact) mass is 183 g/mol. The third-order valence-corrected chi connectivity index (χ3v) is 3.10. The minimum absolute atomic E-state index is 0.0356. The summed E-state index contributed by atoms with van der Waals surface area (Å²) in [6, 6.07) is 0. The summed E-state index contributed by atoms with van der Waals surface area (Å²) in [5, 5.41) is 3.45. The van der Waals surface area contributed by atoms with Crippen LogP contribution in [-0.2, 0) is 0 Å². The van der Waals surface area contributed by atoms with E-state index >= 15 is 0 Å². The molecule has 76 valence electrons. The number of nitrogens with zero attached hydrogens (tertiary/aromatic N) is 1. The van der Waals surface area contributed by atoms with Gasteiger partial charge in [0.25, 0.3) is 0 Å². The van der Waals surface area contributed by atoms with Crippen LogP contribution in [0.5, 0.6) is 0 Å². The molecule has 0 aliphatic carbocycles. The van der Waals surface area contributed by atoms with Crippen LogP contribution >= 0.6 is 0 Å². The Labute approximate surface area is 80.7 Å². The predicted octanol–water partition coefficient (Wildman–Crippen LogP) is -0.125. The maximum Gasteiger partial charge on any atom is 0.0226 e. The molecule has 0 aromatic carbocycles. The van der Waals surface area contributed by atoms with Crippen LogP contribution in [-0.4, -0.2) is 43.2 Å². The number of rotatable bonds is 2. The molecule has 2 saturated heterocycles. The predicted molar refractivity (Wildman–Crippen MR) is 54.6 cm³/mol. The van der Waals surface area contributed by atoms with Gasteiger partial charge in [-0.05, 0) is 38.8 Å². The lowest BCUT2D eigenvalue weighted by Gasteiger charge is -2.26. The van der Waals surface area contributed by atoms with E-state index in [0.717, 1.165) is 18.4 Å². The van der Waals surface area contributed by atoms with E-state index in [0.29, 0.717) is 0 Å². The lowest BCUT2D eigenvalue weighted by Crippen LogP contribution is -2.45. The standard InChI is InChI=1S/C10H21N3/c1-10(2,11)7-13-5-8-3-12-4-9(8)6-13/h8-9,12H,3-7,11H2,1-2H3/t8-,9+. The summed E-state index contributed by atoms with van der Waals surface area (Å²) in [6.07, 6.45) is 0. The minimum atomic E-state index is -0.0356. The lowest BCUT2D eigenvalue weighted by atomic mass is 10.0. The zero-order chi connectivity index (χ0) is 9.47. The molecule has 2 heterocycles. The van der Waals surface area contributed by atoms with Gasteiger partial charge in [0.2, 0.25) is 0 Å². The normalized spacial score (nSPS) is 35.3. The van der Waals surface area contributed by atoms with Crippen LogP contribution in [0.2, 0.25) is 0 Å². The van der Waals surface area contributed by atoms with Gasteiger partial charge in [-0.1, -0.05) is 0 Å². The molecular formula is C10H21N3. The Kier molecular flexibility index (Phi) is 2.34. The van der Waals surface area contributed by atoms with Crippen molar-refractivity contribution in [3.8, 4) is 0 Å². The molecule has 2 atom stereocenters. The second kappa shape index (κ2) is 3.23. The molecule has 2 fully saturated rings. The first-order valence-corrected chi connectivity index (χ1v) is 5.26. The van der Waals surface area contributed by atoms with Crippen LogP contribution in [0.3, 0.4) is 0 Å². The van der Waals surface area contributed by atoms with E-state index in [9.17, 15) is 0 Å². The van der Waals surface area contributed by atoms with Crippen molar-refractivity contribution in [3.63, 3.8) is 0 Å². The van der Waals surface area contributed by atoms with Gasteiger partial charge in [-0.3, -0.25) is 0 Å². The first kappa shape index (κ1) is 9.44. The van der Waals surface area contributed by atoms with Gasteiger partial charge in [0.15, 0.2) is 0 Å². The molecule has 0 spiro atoms. The molecule has 13 heavy (non-hydrogen) atoms. The van der Waals surface area contributed by atoms with E-state index < -0.39 is 0 Å². The van der Waals surface area contributed by atoms with Gasteiger partial charge in [-0.2, -0.15) is 0 Å². The first-order chi connectivity index (χ1) is 6.04. The lowest BCUT2D eigenvalue weighted by molar-refractivity contribution is 0.255. The quantitative estimate of drug-likeness (QED) is 0.627. The SMILES string of the molecule is CC(C)(N)CN1C[C@H]2CNC[C@H]2C1. The Balaban J connectivity index is 1.85. The Morgan fingerprint density at radius 1 is 1.31 bits per heavy atom. The van der Waals surface area contributed by atoms with E-state index in [-0.39, 0.29) is 5.54 Å². The Bertz CT molecular complexity index is 173. The van der Waals surface area contributed by atoms with Crippen LogP contribution in [0.4, 0.5) is 0 Å². The van der Waals surface area contributed by atoms with Crippen molar-refractivity contribution < 1.29 is 0 Å². The van der Waals surface area contributed by atoms with Crippen LogP contribution in [0.1, 0.15) is 13.8 Å². The molecular weight excluding hydrogens is 162 g/mol. The van der Waals surface area contributed by atoms with Crippen molar-refractivity contribution in [2.75, 3.05) is 32.7 Å². The smallest absolute Gasteiger partial charge is 0.0226 e. The van der Waals surface area contributed by atoms with Crippen LogP contribution < -0.4 is 11.1 Å². The van der Waals surface area contributed by atoms with E-state index in [1.807, 2.05) is 0 Å². The summed E-state index contributed by atoms with van der Waals surface area (Å²) in [5.74, 6) is 1.78. The fourth-order valence-electron chi connectivity index (χ4n) is 2.66. The molecule has 3 heteroatoms. The maximum absolute atomic E-state index is 6.01. The van der Waals surface area contributed by atoms with Crippen LogP contribution in [0.15, 0.2) is 0 Å². The van der Waals surface area contributed by atoms with Gasteiger partial charge >= 0.3 is 0 Å². The van der Waals surface area contributed by atoms with E-state index in [1.54, 1.807) is 0 Å². The van der Waals surface area contributed by atoms with Gasteiger partial charge in [-0.25, -0.2) is 0 Å². The molecule has 3 N–H and O–H groups in total. The van der Waals surface area contributed by atoms with Crippen LogP contribution in [0.25, 0.3) is 0 Å². The zero-order valence-electron chi connectivity index (χ0n) is 8.71. The van der Waals surface area contributed by atoms with Crippen molar-refractivity contribution in [1.82, 2.24) is 10.2 Å². The fourth-order valence-corrected chi connectivity index (χ4v) is 2.66. The molecule has 0 amide bonds. The summed E-state index contributed by atoms with van der Waals surface area (Å²) < 4.78 is 0. The topological polar surface area (TPSA) is 41.3 Å². The number of fused-ring (bicyclic) bond motifs is 1. The van der Waals surface area contributed by atoms with Gasteiger partial charge in [0.05, 0.1) is 0 Å². The highest BCUT2D eigenvalue weighted by Gasteiger charge is 2.36. The second-order valence-corrected chi connectivity index (χ2v) is 5.36. The second-order valence-electron chi connectivity index (χ2n) is 5.36. The van der Waals surface area contributed by atoms with Crippen molar-refractivity contribution >= 4 is 0 Å². The van der Waals surface area contributed by atoms with Gasteiger partial charge in [0.1, 0.15) is 0 Å². The van der Waals surface area contributed by atoms with Crippen molar-refractivity contribution in [1.29, 1.82) is 0 Å². The fraction of sp³-hybridized carbons (Fsp3) is 1.00. The third-order valence-electron chi connectivity index (χ3n) is 3.10. The molecule has 2 aliphatic rings. The largest absolute Gasteiger partial charge is 0.324 e. The highest BCUT2D eigenvalue weighted by molar-refractivity contribution is 4.93. The van der Waals surface area contributed by atoms with Crippen molar-refractivity contribution in [3.05, 3.63) is 0 Å². The van der Waals surface area contributed by atoms with Crippen LogP contribution in [0, 0.1) is 11.8 Å². The molecule has 0 saturated carbocycles.